The highest BCUT2D eigenvalue weighted by Gasteiger charge is 2.43. The molecule has 0 aliphatic heterocycles. The van der Waals surface area contributed by atoms with E-state index in [1.807, 2.05) is 99.0 Å². The standard InChI is InChI=1S/C31H41N2O2P/c1-23(2)29-21-16-24(3)22-30(29)35-36(34,28-19-17-27(18-20-28)33(4)5)31(25-12-8-6-9-13-25)32-26-14-10-7-11-15-26/h6-15,17-20,23-24,29-32H,16,21-22H2,1-5H3/t24-,29-,30+,31-,36-/m0/s1. The molecular formula is C31H41N2O2P. The lowest BCUT2D eigenvalue weighted by Gasteiger charge is -2.41. The van der Waals surface area contributed by atoms with Crippen LogP contribution in [-0.2, 0) is 9.09 Å². The summed E-state index contributed by atoms with van der Waals surface area (Å²) in [5.41, 5.74) is 2.97. The molecule has 4 rings (SSSR count). The van der Waals surface area contributed by atoms with Gasteiger partial charge in [-0.3, -0.25) is 4.57 Å². The van der Waals surface area contributed by atoms with Gasteiger partial charge in [0.25, 0.3) is 7.37 Å². The molecule has 0 amide bonds. The molecule has 192 valence electrons. The molecule has 3 aromatic rings. The molecule has 4 nitrogen and oxygen atoms in total. The zero-order valence-electron chi connectivity index (χ0n) is 22.3. The summed E-state index contributed by atoms with van der Waals surface area (Å²) in [6.07, 6.45) is 3.21. The molecule has 5 heteroatoms. The number of benzene rings is 3. The number of rotatable bonds is 9. The Morgan fingerprint density at radius 3 is 2.08 bits per heavy atom. The molecule has 3 aromatic carbocycles. The number of para-hydroxylation sites is 1. The normalized spacial score (nSPS) is 22.6. The minimum absolute atomic E-state index is 0.0445. The van der Waals surface area contributed by atoms with Gasteiger partial charge in [-0.15, -0.1) is 0 Å². The van der Waals surface area contributed by atoms with Crippen molar-refractivity contribution in [3.8, 4) is 0 Å². The second kappa shape index (κ2) is 11.7. The Balaban J connectivity index is 1.83. The van der Waals surface area contributed by atoms with E-state index in [-0.39, 0.29) is 6.10 Å². The summed E-state index contributed by atoms with van der Waals surface area (Å²) in [6.45, 7) is 6.83. The van der Waals surface area contributed by atoms with Crippen molar-refractivity contribution in [2.75, 3.05) is 24.3 Å². The van der Waals surface area contributed by atoms with Gasteiger partial charge in [-0.05, 0) is 72.6 Å². The molecule has 5 atom stereocenters. The molecule has 0 unspecified atom stereocenters. The molecule has 36 heavy (non-hydrogen) atoms. The highest BCUT2D eigenvalue weighted by atomic mass is 31.2. The van der Waals surface area contributed by atoms with Gasteiger partial charge < -0.3 is 14.7 Å². The molecule has 0 heterocycles. The zero-order valence-corrected chi connectivity index (χ0v) is 23.2. The first kappa shape index (κ1) is 26.5. The Labute approximate surface area is 217 Å². The van der Waals surface area contributed by atoms with Gasteiger partial charge in [0.2, 0.25) is 0 Å². The lowest BCUT2D eigenvalue weighted by atomic mass is 9.75. The summed E-state index contributed by atoms with van der Waals surface area (Å²) >= 11 is 0. The van der Waals surface area contributed by atoms with Crippen LogP contribution in [0.4, 0.5) is 11.4 Å². The van der Waals surface area contributed by atoms with Crippen LogP contribution in [-0.4, -0.2) is 20.2 Å². The van der Waals surface area contributed by atoms with E-state index >= 15 is 4.57 Å². The third-order valence-corrected chi connectivity index (χ3v) is 10.2. The molecule has 0 saturated heterocycles. The van der Waals surface area contributed by atoms with Crippen molar-refractivity contribution in [3.63, 3.8) is 0 Å². The third kappa shape index (κ3) is 6.05. The van der Waals surface area contributed by atoms with Crippen molar-refractivity contribution in [1.29, 1.82) is 0 Å². The van der Waals surface area contributed by atoms with Crippen LogP contribution < -0.4 is 15.5 Å². The van der Waals surface area contributed by atoms with Crippen LogP contribution in [0, 0.1) is 17.8 Å². The summed E-state index contributed by atoms with van der Waals surface area (Å²) in [7, 11) is 0.618. The van der Waals surface area contributed by atoms with Crippen molar-refractivity contribution in [1.82, 2.24) is 0 Å². The molecule has 1 N–H and O–H groups in total. The molecule has 0 radical (unpaired) electrons. The zero-order chi connectivity index (χ0) is 25.7. The van der Waals surface area contributed by atoms with Gasteiger partial charge >= 0.3 is 0 Å². The summed E-state index contributed by atoms with van der Waals surface area (Å²) in [6, 6.07) is 28.2. The Bertz CT molecular complexity index is 1130. The Kier molecular flexibility index (Phi) is 8.59. The summed E-state index contributed by atoms with van der Waals surface area (Å²) in [5, 5.41) is 4.37. The first-order valence-corrected chi connectivity index (χ1v) is 14.9. The number of hydrogen-bond donors (Lipinski definition) is 1. The summed E-state index contributed by atoms with van der Waals surface area (Å²) in [4.78, 5) is 2.06. The monoisotopic (exact) mass is 504 g/mol. The molecule has 1 aliphatic rings. The van der Waals surface area contributed by atoms with Gasteiger partial charge in [0.1, 0.15) is 5.78 Å². The van der Waals surface area contributed by atoms with Crippen molar-refractivity contribution in [2.24, 2.45) is 17.8 Å². The SMILES string of the molecule is CC(C)[C@@H]1CC[C@H](C)C[C@H]1O[P@@](=O)(c1ccc(N(C)C)cc1)[C@H](Nc1ccccc1)c1ccccc1. The highest BCUT2D eigenvalue weighted by Crippen LogP contribution is 2.61. The summed E-state index contributed by atoms with van der Waals surface area (Å²) < 4.78 is 22.4. The lowest BCUT2D eigenvalue weighted by molar-refractivity contribution is 0.0489. The minimum Gasteiger partial charge on any atom is -0.378 e. The van der Waals surface area contributed by atoms with E-state index in [0.717, 1.165) is 35.1 Å². The first-order chi connectivity index (χ1) is 17.3. The average Bonchev–Trinajstić information content (AvgIpc) is 2.88. The fourth-order valence-corrected chi connectivity index (χ4v) is 7.99. The van der Waals surface area contributed by atoms with Crippen LogP contribution in [0.3, 0.4) is 0 Å². The molecular weight excluding hydrogens is 463 g/mol. The van der Waals surface area contributed by atoms with Crippen LogP contribution in [0.2, 0.25) is 0 Å². The van der Waals surface area contributed by atoms with Gasteiger partial charge in [0, 0.05) is 30.8 Å². The second-order valence-corrected chi connectivity index (χ2v) is 13.2. The van der Waals surface area contributed by atoms with Crippen LogP contribution in [0.1, 0.15) is 51.4 Å². The van der Waals surface area contributed by atoms with E-state index in [9.17, 15) is 0 Å². The Morgan fingerprint density at radius 2 is 1.50 bits per heavy atom. The highest BCUT2D eigenvalue weighted by molar-refractivity contribution is 7.67. The molecule has 0 bridgehead atoms. The van der Waals surface area contributed by atoms with Gasteiger partial charge in [-0.1, -0.05) is 75.7 Å². The lowest BCUT2D eigenvalue weighted by Crippen LogP contribution is -2.35. The van der Waals surface area contributed by atoms with E-state index < -0.39 is 13.2 Å². The second-order valence-electron chi connectivity index (χ2n) is 10.8. The first-order valence-electron chi connectivity index (χ1n) is 13.2. The molecule has 1 saturated carbocycles. The van der Waals surface area contributed by atoms with Gasteiger partial charge in [-0.2, -0.15) is 0 Å². The maximum absolute atomic E-state index is 15.4. The van der Waals surface area contributed by atoms with Crippen LogP contribution in [0.25, 0.3) is 0 Å². The van der Waals surface area contributed by atoms with E-state index in [2.05, 4.69) is 31.0 Å². The predicted molar refractivity (Wildman–Crippen MR) is 153 cm³/mol. The predicted octanol–water partition coefficient (Wildman–Crippen LogP) is 7.94. The van der Waals surface area contributed by atoms with E-state index in [4.69, 9.17) is 4.52 Å². The summed E-state index contributed by atoms with van der Waals surface area (Å²) in [5.74, 6) is 0.927. The number of hydrogen-bond acceptors (Lipinski definition) is 4. The quantitative estimate of drug-likeness (QED) is 0.300. The maximum Gasteiger partial charge on any atom is 0.258 e. The Morgan fingerprint density at radius 1 is 0.889 bits per heavy atom. The van der Waals surface area contributed by atoms with Crippen LogP contribution in [0.5, 0.6) is 0 Å². The fourth-order valence-electron chi connectivity index (χ4n) is 5.36. The van der Waals surface area contributed by atoms with E-state index in [1.54, 1.807) is 0 Å². The minimum atomic E-state index is -3.42. The van der Waals surface area contributed by atoms with E-state index in [1.165, 1.54) is 6.42 Å². The van der Waals surface area contributed by atoms with Gasteiger partial charge in [-0.25, -0.2) is 0 Å². The molecule has 1 aliphatic carbocycles. The Hall–Kier alpha value is -2.55. The van der Waals surface area contributed by atoms with Gasteiger partial charge in [0.15, 0.2) is 0 Å². The van der Waals surface area contributed by atoms with Gasteiger partial charge in [0.05, 0.1) is 6.10 Å². The third-order valence-electron chi connectivity index (χ3n) is 7.51. The van der Waals surface area contributed by atoms with Crippen molar-refractivity contribution >= 4 is 24.0 Å². The van der Waals surface area contributed by atoms with Crippen molar-refractivity contribution in [3.05, 3.63) is 90.5 Å². The van der Waals surface area contributed by atoms with E-state index in [0.29, 0.717) is 17.8 Å². The number of nitrogens with zero attached hydrogens (tertiary/aromatic N) is 1. The van der Waals surface area contributed by atoms with Crippen molar-refractivity contribution < 1.29 is 9.09 Å². The smallest absolute Gasteiger partial charge is 0.258 e. The fraction of sp³-hybridized carbons (Fsp3) is 0.419. The van der Waals surface area contributed by atoms with Crippen LogP contribution in [0.15, 0.2) is 84.9 Å². The topological polar surface area (TPSA) is 41.6 Å². The molecule has 0 spiro atoms. The molecule has 0 aromatic heterocycles. The van der Waals surface area contributed by atoms with Crippen molar-refractivity contribution in [2.45, 2.75) is 51.9 Å². The number of nitrogens with one attached hydrogen (secondary N) is 1. The largest absolute Gasteiger partial charge is 0.378 e. The number of anilines is 2. The average molecular weight is 505 g/mol. The van der Waals surface area contributed by atoms with Crippen LogP contribution >= 0.6 is 7.37 Å². The maximum atomic E-state index is 15.4. The molecule has 1 fully saturated rings.